The molecule has 0 unspecified atom stereocenters. The van der Waals surface area contributed by atoms with Gasteiger partial charge in [0.2, 0.25) is 5.91 Å². The lowest BCUT2D eigenvalue weighted by Gasteiger charge is -2.29. The number of nitrogens with zero attached hydrogens (tertiary/aromatic N) is 4. The third-order valence-corrected chi connectivity index (χ3v) is 6.20. The molecule has 0 atom stereocenters. The van der Waals surface area contributed by atoms with Crippen molar-refractivity contribution >= 4 is 34.2 Å². The van der Waals surface area contributed by atoms with E-state index in [4.69, 9.17) is 11.6 Å². The van der Waals surface area contributed by atoms with E-state index in [1.165, 1.54) is 10.8 Å². The second-order valence-corrected chi connectivity index (χ2v) is 8.47. The number of carbonyl (C=O) groups is 1. The summed E-state index contributed by atoms with van der Waals surface area (Å²) < 4.78 is 2.47. The molecular formula is C25H21ClN4O3. The minimum absolute atomic E-state index is 0.0576. The highest BCUT2D eigenvalue weighted by molar-refractivity contribution is 6.30. The molecule has 1 aliphatic rings. The van der Waals surface area contributed by atoms with Gasteiger partial charge in [-0.25, -0.2) is 9.78 Å². The van der Waals surface area contributed by atoms with Crippen molar-refractivity contribution in [1.29, 1.82) is 0 Å². The first-order valence-electron chi connectivity index (χ1n) is 10.7. The predicted molar refractivity (Wildman–Crippen MR) is 128 cm³/mol. The topological polar surface area (TPSA) is 77.2 Å². The average Bonchev–Trinajstić information content (AvgIpc) is 2.85. The normalized spacial score (nSPS) is 13.2. The second kappa shape index (κ2) is 8.67. The van der Waals surface area contributed by atoms with Crippen LogP contribution >= 0.6 is 11.6 Å². The first kappa shape index (κ1) is 21.2. The van der Waals surface area contributed by atoms with Crippen molar-refractivity contribution in [3.05, 3.63) is 104 Å². The van der Waals surface area contributed by atoms with Crippen LogP contribution in [0.3, 0.4) is 0 Å². The molecule has 0 aliphatic carbocycles. The number of pyridine rings is 1. The lowest BCUT2D eigenvalue weighted by Crippen LogP contribution is -2.44. The molecule has 0 fully saturated rings. The molecular weight excluding hydrogens is 440 g/mol. The van der Waals surface area contributed by atoms with Crippen molar-refractivity contribution in [2.45, 2.75) is 25.9 Å². The molecule has 0 radical (unpaired) electrons. The Bertz CT molecular complexity index is 1470. The van der Waals surface area contributed by atoms with Gasteiger partial charge in [0.15, 0.2) is 5.52 Å². The highest BCUT2D eigenvalue weighted by Crippen LogP contribution is 2.27. The largest absolute Gasteiger partial charge is 0.332 e. The number of carbonyl (C=O) groups excluding carboxylic acids is 1. The fourth-order valence-electron chi connectivity index (χ4n) is 4.32. The minimum atomic E-state index is -0.547. The first-order chi connectivity index (χ1) is 16.0. The number of anilines is 1. The Kier molecular flexibility index (Phi) is 5.56. The Hall–Kier alpha value is -3.71. The van der Waals surface area contributed by atoms with E-state index in [1.54, 1.807) is 41.3 Å². The fourth-order valence-corrected chi connectivity index (χ4v) is 4.45. The standard InChI is InChI=1S/C25H21ClN4O3/c26-19-11-9-17(10-12-19)15-30-24(32)23-21(8-3-13-27-23)29(25(30)33)16-22(31)28-14-4-6-18-5-1-2-7-20(18)28/h1-3,5,7-13H,4,6,14-16H2. The number of rotatable bonds is 4. The van der Waals surface area contributed by atoms with Crippen LogP contribution in [0.25, 0.3) is 11.0 Å². The van der Waals surface area contributed by atoms with Crippen LogP contribution in [0.15, 0.2) is 76.4 Å². The SMILES string of the molecule is O=C(Cn1c(=O)n(Cc2ccc(Cl)cc2)c(=O)c2ncccc21)N1CCCc2ccccc21. The zero-order valence-electron chi connectivity index (χ0n) is 17.8. The van der Waals surface area contributed by atoms with Gasteiger partial charge in [-0.05, 0) is 54.3 Å². The molecule has 0 saturated heterocycles. The van der Waals surface area contributed by atoms with Crippen LogP contribution in [0, 0.1) is 0 Å². The van der Waals surface area contributed by atoms with E-state index in [2.05, 4.69) is 4.98 Å². The summed E-state index contributed by atoms with van der Waals surface area (Å²) in [6.07, 6.45) is 3.28. The molecule has 1 amide bonds. The number of aromatic nitrogens is 3. The lowest BCUT2D eigenvalue weighted by molar-refractivity contribution is -0.119. The number of aryl methyl sites for hydroxylation is 1. The number of amides is 1. The summed E-state index contributed by atoms with van der Waals surface area (Å²) in [4.78, 5) is 45.8. The Morgan fingerprint density at radius 3 is 2.58 bits per heavy atom. The molecule has 3 heterocycles. The zero-order chi connectivity index (χ0) is 22.9. The highest BCUT2D eigenvalue weighted by atomic mass is 35.5. The third-order valence-electron chi connectivity index (χ3n) is 5.95. The van der Waals surface area contributed by atoms with Crippen molar-refractivity contribution in [3.63, 3.8) is 0 Å². The van der Waals surface area contributed by atoms with Gasteiger partial charge >= 0.3 is 5.69 Å². The van der Waals surface area contributed by atoms with E-state index in [-0.39, 0.29) is 24.5 Å². The second-order valence-electron chi connectivity index (χ2n) is 8.04. The van der Waals surface area contributed by atoms with Crippen molar-refractivity contribution in [3.8, 4) is 0 Å². The molecule has 0 bridgehead atoms. The molecule has 5 rings (SSSR count). The van der Waals surface area contributed by atoms with Gasteiger partial charge < -0.3 is 4.90 Å². The van der Waals surface area contributed by atoms with E-state index < -0.39 is 11.2 Å². The van der Waals surface area contributed by atoms with E-state index in [0.29, 0.717) is 17.1 Å². The van der Waals surface area contributed by atoms with Crippen LogP contribution in [-0.4, -0.2) is 26.6 Å². The van der Waals surface area contributed by atoms with Crippen molar-refractivity contribution in [2.75, 3.05) is 11.4 Å². The monoisotopic (exact) mass is 460 g/mol. The van der Waals surface area contributed by atoms with Gasteiger partial charge in [0.25, 0.3) is 5.56 Å². The molecule has 4 aromatic rings. The Labute approximate surface area is 194 Å². The van der Waals surface area contributed by atoms with Crippen LogP contribution in [0.4, 0.5) is 5.69 Å². The smallest absolute Gasteiger partial charge is 0.311 e. The molecule has 0 spiro atoms. The summed E-state index contributed by atoms with van der Waals surface area (Å²) in [6.45, 7) is 0.462. The molecule has 2 aromatic carbocycles. The molecule has 2 aromatic heterocycles. The number of para-hydroxylation sites is 1. The van der Waals surface area contributed by atoms with Gasteiger partial charge in [0, 0.05) is 23.5 Å². The summed E-state index contributed by atoms with van der Waals surface area (Å²) in [5.41, 5.74) is 2.20. The highest BCUT2D eigenvalue weighted by Gasteiger charge is 2.24. The van der Waals surface area contributed by atoms with Gasteiger partial charge in [-0.2, -0.15) is 0 Å². The Morgan fingerprint density at radius 2 is 1.76 bits per heavy atom. The maximum absolute atomic E-state index is 13.4. The number of hydrogen-bond acceptors (Lipinski definition) is 4. The van der Waals surface area contributed by atoms with Crippen molar-refractivity contribution in [1.82, 2.24) is 14.1 Å². The van der Waals surface area contributed by atoms with Gasteiger partial charge in [0.05, 0.1) is 12.1 Å². The van der Waals surface area contributed by atoms with Crippen LogP contribution in [0.2, 0.25) is 5.02 Å². The number of hydrogen-bond donors (Lipinski definition) is 0. The number of halogens is 1. The predicted octanol–water partition coefficient (Wildman–Crippen LogP) is 3.24. The van der Waals surface area contributed by atoms with E-state index in [0.717, 1.165) is 34.2 Å². The van der Waals surface area contributed by atoms with Crippen LogP contribution in [0.1, 0.15) is 17.5 Å². The first-order valence-corrected chi connectivity index (χ1v) is 11.1. The Morgan fingerprint density at radius 1 is 0.970 bits per heavy atom. The molecule has 8 heteroatoms. The molecule has 33 heavy (non-hydrogen) atoms. The van der Waals surface area contributed by atoms with Crippen LogP contribution < -0.4 is 16.1 Å². The molecule has 7 nitrogen and oxygen atoms in total. The number of fused-ring (bicyclic) bond motifs is 2. The average molecular weight is 461 g/mol. The summed E-state index contributed by atoms with van der Waals surface area (Å²) in [6, 6.07) is 18.0. The summed E-state index contributed by atoms with van der Waals surface area (Å²) in [5.74, 6) is -0.203. The van der Waals surface area contributed by atoms with Crippen molar-refractivity contribution in [2.24, 2.45) is 0 Å². The molecule has 0 saturated carbocycles. The molecule has 1 aliphatic heterocycles. The van der Waals surface area contributed by atoms with Gasteiger partial charge in [-0.15, -0.1) is 0 Å². The fraction of sp³-hybridized carbons (Fsp3) is 0.200. The van der Waals surface area contributed by atoms with Gasteiger partial charge in [0.1, 0.15) is 6.54 Å². The third kappa shape index (κ3) is 3.96. The van der Waals surface area contributed by atoms with Gasteiger partial charge in [-0.1, -0.05) is 41.9 Å². The van der Waals surface area contributed by atoms with Gasteiger partial charge in [-0.3, -0.25) is 18.7 Å². The summed E-state index contributed by atoms with van der Waals surface area (Å²) in [5, 5.41) is 0.566. The molecule has 0 N–H and O–H groups in total. The van der Waals surface area contributed by atoms with E-state index in [9.17, 15) is 14.4 Å². The maximum Gasteiger partial charge on any atom is 0.332 e. The minimum Gasteiger partial charge on any atom is -0.311 e. The van der Waals surface area contributed by atoms with E-state index in [1.807, 2.05) is 24.3 Å². The van der Waals surface area contributed by atoms with Crippen LogP contribution in [-0.2, 0) is 24.3 Å². The lowest BCUT2D eigenvalue weighted by atomic mass is 10.0. The quantitative estimate of drug-likeness (QED) is 0.468. The Balaban J connectivity index is 1.58. The zero-order valence-corrected chi connectivity index (χ0v) is 18.5. The number of benzene rings is 2. The van der Waals surface area contributed by atoms with Crippen LogP contribution in [0.5, 0.6) is 0 Å². The van der Waals surface area contributed by atoms with Crippen molar-refractivity contribution < 1.29 is 4.79 Å². The molecule has 166 valence electrons. The summed E-state index contributed by atoms with van der Waals surface area (Å²) >= 11 is 5.96. The summed E-state index contributed by atoms with van der Waals surface area (Å²) in [7, 11) is 0. The van der Waals surface area contributed by atoms with E-state index >= 15 is 0 Å². The maximum atomic E-state index is 13.4.